The van der Waals surface area contributed by atoms with Gasteiger partial charge in [0.05, 0.1) is 0 Å². The molecule has 110 valence electrons. The number of tetrazole rings is 1. The molecule has 1 N–H and O–H groups in total. The Bertz CT molecular complexity index is 614. The van der Waals surface area contributed by atoms with E-state index in [1.165, 1.54) is 17.9 Å². The Morgan fingerprint density at radius 1 is 1.38 bits per heavy atom. The van der Waals surface area contributed by atoms with E-state index in [9.17, 15) is 9.59 Å². The number of hydrogen-bond acceptors (Lipinski definition) is 6. The highest BCUT2D eigenvalue weighted by Crippen LogP contribution is 2.13. The number of ether oxygens (including phenoxy) is 1. The van der Waals surface area contributed by atoms with Gasteiger partial charge in [-0.1, -0.05) is 11.6 Å². The van der Waals surface area contributed by atoms with Gasteiger partial charge < -0.3 is 10.1 Å². The summed E-state index contributed by atoms with van der Waals surface area (Å²) in [5.74, 6) is -1.05. The van der Waals surface area contributed by atoms with Crippen LogP contribution in [0.1, 0.15) is 6.92 Å². The zero-order valence-corrected chi connectivity index (χ0v) is 11.8. The normalized spacial score (nSPS) is 11.7. The van der Waals surface area contributed by atoms with Crippen molar-refractivity contribution in [2.24, 2.45) is 0 Å². The van der Waals surface area contributed by atoms with E-state index in [1.54, 1.807) is 24.3 Å². The van der Waals surface area contributed by atoms with Gasteiger partial charge in [0.1, 0.15) is 12.9 Å². The first kappa shape index (κ1) is 14.9. The Morgan fingerprint density at radius 2 is 2.10 bits per heavy atom. The van der Waals surface area contributed by atoms with Gasteiger partial charge in [-0.05, 0) is 41.6 Å². The van der Waals surface area contributed by atoms with E-state index in [-0.39, 0.29) is 6.54 Å². The third kappa shape index (κ3) is 4.53. The van der Waals surface area contributed by atoms with Crippen LogP contribution in [-0.4, -0.2) is 38.2 Å². The highest BCUT2D eigenvalue weighted by molar-refractivity contribution is 6.30. The van der Waals surface area contributed by atoms with Gasteiger partial charge in [-0.25, -0.2) is 4.68 Å². The lowest BCUT2D eigenvalue weighted by atomic mass is 10.3. The molecule has 1 atom stereocenters. The lowest BCUT2D eigenvalue weighted by molar-refractivity contribution is -0.153. The van der Waals surface area contributed by atoms with Crippen molar-refractivity contribution in [2.75, 3.05) is 5.32 Å². The standard InChI is InChI=1S/C12H12ClN5O3/c1-8(21-11(19)6-18-7-14-16-17-18)12(20)15-10-4-2-9(13)3-5-10/h2-5,7-8H,6H2,1H3,(H,15,20)/t8-/m0/s1. The second kappa shape index (κ2) is 6.80. The first-order valence-electron chi connectivity index (χ1n) is 6.01. The van der Waals surface area contributed by atoms with Crippen LogP contribution in [0, 0.1) is 0 Å². The number of nitrogens with zero attached hydrogens (tertiary/aromatic N) is 4. The number of halogens is 1. The van der Waals surface area contributed by atoms with Crippen LogP contribution in [0.4, 0.5) is 5.69 Å². The molecule has 0 fully saturated rings. The topological polar surface area (TPSA) is 99.0 Å². The summed E-state index contributed by atoms with van der Waals surface area (Å²) in [6.07, 6.45) is 0.337. The Balaban J connectivity index is 1.84. The molecule has 0 unspecified atom stereocenters. The van der Waals surface area contributed by atoms with Crippen molar-refractivity contribution in [3.05, 3.63) is 35.6 Å². The van der Waals surface area contributed by atoms with Crippen LogP contribution in [0.15, 0.2) is 30.6 Å². The summed E-state index contributed by atoms with van der Waals surface area (Å²) in [5.41, 5.74) is 0.563. The van der Waals surface area contributed by atoms with Crippen molar-refractivity contribution in [3.63, 3.8) is 0 Å². The van der Waals surface area contributed by atoms with Crippen LogP contribution < -0.4 is 5.32 Å². The predicted molar refractivity (Wildman–Crippen MR) is 73.5 cm³/mol. The monoisotopic (exact) mass is 309 g/mol. The minimum absolute atomic E-state index is 0.161. The van der Waals surface area contributed by atoms with Crippen molar-refractivity contribution >= 4 is 29.2 Å². The Hall–Kier alpha value is -2.48. The lowest BCUT2D eigenvalue weighted by Gasteiger charge is -2.13. The number of benzene rings is 1. The molecule has 0 saturated carbocycles. The van der Waals surface area contributed by atoms with Crippen molar-refractivity contribution in [2.45, 2.75) is 19.6 Å². The molecule has 0 spiro atoms. The fourth-order valence-corrected chi connectivity index (χ4v) is 1.58. The largest absolute Gasteiger partial charge is 0.451 e. The molecular weight excluding hydrogens is 298 g/mol. The minimum Gasteiger partial charge on any atom is -0.451 e. The fourth-order valence-electron chi connectivity index (χ4n) is 1.45. The highest BCUT2D eigenvalue weighted by Gasteiger charge is 2.18. The summed E-state index contributed by atoms with van der Waals surface area (Å²) in [4.78, 5) is 23.5. The first-order valence-corrected chi connectivity index (χ1v) is 6.39. The number of esters is 1. The van der Waals surface area contributed by atoms with Gasteiger partial charge in [0.2, 0.25) is 0 Å². The van der Waals surface area contributed by atoms with E-state index in [0.29, 0.717) is 10.7 Å². The molecule has 0 aliphatic heterocycles. The van der Waals surface area contributed by atoms with Gasteiger partial charge in [0.15, 0.2) is 6.10 Å². The Morgan fingerprint density at radius 3 is 2.71 bits per heavy atom. The summed E-state index contributed by atoms with van der Waals surface area (Å²) in [7, 11) is 0. The number of amides is 1. The zero-order chi connectivity index (χ0) is 15.2. The molecule has 0 bridgehead atoms. The van der Waals surface area contributed by atoms with E-state index < -0.39 is 18.0 Å². The van der Waals surface area contributed by atoms with Gasteiger partial charge in [-0.2, -0.15) is 0 Å². The molecule has 2 aromatic rings. The van der Waals surface area contributed by atoms with Crippen molar-refractivity contribution in [3.8, 4) is 0 Å². The number of anilines is 1. The van der Waals surface area contributed by atoms with E-state index in [4.69, 9.17) is 16.3 Å². The average molecular weight is 310 g/mol. The number of hydrogen-bond donors (Lipinski definition) is 1. The quantitative estimate of drug-likeness (QED) is 0.824. The maximum Gasteiger partial charge on any atom is 0.328 e. The molecule has 0 saturated heterocycles. The number of aromatic nitrogens is 4. The van der Waals surface area contributed by atoms with E-state index >= 15 is 0 Å². The molecular formula is C12H12ClN5O3. The van der Waals surface area contributed by atoms with Crippen molar-refractivity contribution < 1.29 is 14.3 Å². The maximum atomic E-state index is 11.9. The van der Waals surface area contributed by atoms with Crippen molar-refractivity contribution in [1.29, 1.82) is 0 Å². The third-order valence-electron chi connectivity index (χ3n) is 2.47. The first-order chi connectivity index (χ1) is 10.0. The highest BCUT2D eigenvalue weighted by atomic mass is 35.5. The smallest absolute Gasteiger partial charge is 0.328 e. The third-order valence-corrected chi connectivity index (χ3v) is 2.72. The fraction of sp³-hybridized carbons (Fsp3) is 0.250. The Labute approximate surface area is 125 Å². The van der Waals surface area contributed by atoms with E-state index in [2.05, 4.69) is 20.8 Å². The maximum absolute atomic E-state index is 11.9. The van der Waals surface area contributed by atoms with Crippen LogP contribution in [0.2, 0.25) is 5.02 Å². The number of rotatable bonds is 5. The molecule has 1 amide bonds. The van der Waals surface area contributed by atoms with Gasteiger partial charge >= 0.3 is 5.97 Å². The summed E-state index contributed by atoms with van der Waals surface area (Å²) < 4.78 is 6.19. The predicted octanol–water partition coefficient (Wildman–Crippen LogP) is 0.897. The number of carbonyl (C=O) groups excluding carboxylic acids is 2. The van der Waals surface area contributed by atoms with Gasteiger partial charge in [0, 0.05) is 10.7 Å². The Kier molecular flexibility index (Phi) is 4.83. The second-order valence-corrected chi connectivity index (χ2v) is 4.57. The average Bonchev–Trinajstić information content (AvgIpc) is 2.94. The van der Waals surface area contributed by atoms with Gasteiger partial charge in [0.25, 0.3) is 5.91 Å². The SMILES string of the molecule is C[C@H](OC(=O)Cn1cnnn1)C(=O)Nc1ccc(Cl)cc1. The van der Waals surface area contributed by atoms with Crippen LogP contribution >= 0.6 is 11.6 Å². The molecule has 1 heterocycles. The number of carbonyl (C=O) groups is 2. The lowest BCUT2D eigenvalue weighted by Crippen LogP contribution is -2.31. The zero-order valence-electron chi connectivity index (χ0n) is 11.1. The van der Waals surface area contributed by atoms with Gasteiger partial charge in [-0.15, -0.1) is 5.10 Å². The van der Waals surface area contributed by atoms with Crippen LogP contribution in [0.25, 0.3) is 0 Å². The van der Waals surface area contributed by atoms with Crippen LogP contribution in [-0.2, 0) is 20.9 Å². The molecule has 8 nitrogen and oxygen atoms in total. The summed E-state index contributed by atoms with van der Waals surface area (Å²) in [6.45, 7) is 1.31. The minimum atomic E-state index is -0.940. The molecule has 0 aliphatic rings. The van der Waals surface area contributed by atoms with Crippen molar-refractivity contribution in [1.82, 2.24) is 20.2 Å². The summed E-state index contributed by atoms with van der Waals surface area (Å²) in [6, 6.07) is 6.59. The summed E-state index contributed by atoms with van der Waals surface area (Å²) in [5, 5.41) is 13.5. The molecule has 1 aromatic heterocycles. The molecule has 0 radical (unpaired) electrons. The molecule has 9 heteroatoms. The van der Waals surface area contributed by atoms with Gasteiger partial charge in [-0.3, -0.25) is 9.59 Å². The molecule has 1 aromatic carbocycles. The molecule has 0 aliphatic carbocycles. The van der Waals surface area contributed by atoms with Crippen LogP contribution in [0.5, 0.6) is 0 Å². The summed E-state index contributed by atoms with van der Waals surface area (Å²) >= 11 is 5.75. The second-order valence-electron chi connectivity index (χ2n) is 4.14. The van der Waals surface area contributed by atoms with E-state index in [1.807, 2.05) is 0 Å². The molecule has 21 heavy (non-hydrogen) atoms. The molecule has 2 rings (SSSR count). The van der Waals surface area contributed by atoms with Crippen LogP contribution in [0.3, 0.4) is 0 Å². The van der Waals surface area contributed by atoms with E-state index in [0.717, 1.165) is 0 Å². The number of nitrogens with one attached hydrogen (secondary N) is 1.